The fourth-order valence-electron chi connectivity index (χ4n) is 3.08. The number of amides is 1. The van der Waals surface area contributed by atoms with Gasteiger partial charge >= 0.3 is 0 Å². The normalized spacial score (nSPS) is 12.2. The van der Waals surface area contributed by atoms with E-state index in [4.69, 9.17) is 16.3 Å². The van der Waals surface area contributed by atoms with E-state index in [0.717, 1.165) is 0 Å². The first-order valence-electron chi connectivity index (χ1n) is 10.1. The van der Waals surface area contributed by atoms with E-state index in [1.54, 1.807) is 49.4 Å². The van der Waals surface area contributed by atoms with Crippen LogP contribution in [0.3, 0.4) is 0 Å². The fourth-order valence-corrected chi connectivity index (χ4v) is 3.26. The van der Waals surface area contributed by atoms with Crippen LogP contribution in [0.1, 0.15) is 49.2 Å². The summed E-state index contributed by atoms with van der Waals surface area (Å²) in [6.07, 6.45) is -0.754. The Hall–Kier alpha value is -3.11. The van der Waals surface area contributed by atoms with Crippen molar-refractivity contribution in [3.63, 3.8) is 0 Å². The van der Waals surface area contributed by atoms with Gasteiger partial charge in [-0.1, -0.05) is 74.8 Å². The van der Waals surface area contributed by atoms with Gasteiger partial charge in [0.15, 0.2) is 11.9 Å². The Morgan fingerprint density at radius 2 is 1.58 bits per heavy atom. The molecule has 3 aromatic carbocycles. The number of halogens is 1. The van der Waals surface area contributed by atoms with Crippen LogP contribution in [-0.4, -0.2) is 17.8 Å². The van der Waals surface area contributed by atoms with Crippen LogP contribution >= 0.6 is 11.6 Å². The number of hydrogen-bond donors (Lipinski definition) is 1. The summed E-state index contributed by atoms with van der Waals surface area (Å²) in [5.74, 6) is 0.0291. The maximum absolute atomic E-state index is 12.9. The van der Waals surface area contributed by atoms with Crippen molar-refractivity contribution in [2.45, 2.75) is 39.2 Å². The number of ketones is 1. The summed E-state index contributed by atoms with van der Waals surface area (Å²) in [6.45, 7) is 8.08. The van der Waals surface area contributed by atoms with E-state index in [-0.39, 0.29) is 17.1 Å². The molecule has 5 heteroatoms. The highest BCUT2D eigenvalue weighted by Gasteiger charge is 2.20. The summed E-state index contributed by atoms with van der Waals surface area (Å²) in [4.78, 5) is 25.7. The van der Waals surface area contributed by atoms with Crippen LogP contribution in [0.5, 0.6) is 5.75 Å². The zero-order valence-electron chi connectivity index (χ0n) is 18.1. The number of carbonyl (C=O) groups excluding carboxylic acids is 2. The second-order valence-electron chi connectivity index (χ2n) is 8.41. The second kappa shape index (κ2) is 9.36. The molecule has 0 heterocycles. The molecule has 1 atom stereocenters. The Kier molecular flexibility index (Phi) is 6.81. The van der Waals surface area contributed by atoms with Crippen LogP contribution in [0.2, 0.25) is 5.02 Å². The lowest BCUT2D eigenvalue weighted by molar-refractivity contribution is -0.122. The molecule has 0 spiro atoms. The van der Waals surface area contributed by atoms with Gasteiger partial charge in [-0.15, -0.1) is 0 Å². The van der Waals surface area contributed by atoms with Crippen molar-refractivity contribution in [1.29, 1.82) is 0 Å². The van der Waals surface area contributed by atoms with E-state index in [1.807, 2.05) is 30.3 Å². The van der Waals surface area contributed by atoms with Crippen molar-refractivity contribution in [1.82, 2.24) is 0 Å². The lowest BCUT2D eigenvalue weighted by atomic mass is 9.87. The molecular formula is C26H26ClNO3. The van der Waals surface area contributed by atoms with Gasteiger partial charge in [0.2, 0.25) is 0 Å². The Morgan fingerprint density at radius 3 is 2.19 bits per heavy atom. The molecular weight excluding hydrogens is 410 g/mol. The summed E-state index contributed by atoms with van der Waals surface area (Å²) < 4.78 is 5.80. The van der Waals surface area contributed by atoms with Crippen molar-refractivity contribution in [3.05, 3.63) is 94.5 Å². The summed E-state index contributed by atoms with van der Waals surface area (Å²) in [7, 11) is 0. The van der Waals surface area contributed by atoms with Crippen molar-refractivity contribution >= 4 is 29.0 Å². The number of carbonyl (C=O) groups is 2. The van der Waals surface area contributed by atoms with E-state index in [1.165, 1.54) is 5.56 Å². The molecule has 0 bridgehead atoms. The van der Waals surface area contributed by atoms with E-state index in [2.05, 4.69) is 26.1 Å². The third-order valence-electron chi connectivity index (χ3n) is 4.92. The SMILES string of the molecule is CC(Oc1ccc(C(C)(C)C)cc1)C(=O)Nc1ccc(Cl)cc1C(=O)c1ccccc1. The van der Waals surface area contributed by atoms with Crippen LogP contribution in [0, 0.1) is 0 Å². The Bertz CT molecular complexity index is 1070. The average Bonchev–Trinajstić information content (AvgIpc) is 2.74. The van der Waals surface area contributed by atoms with E-state index in [0.29, 0.717) is 27.6 Å². The Labute approximate surface area is 188 Å². The molecule has 0 aliphatic carbocycles. The van der Waals surface area contributed by atoms with Gasteiger partial charge in [-0.25, -0.2) is 0 Å². The van der Waals surface area contributed by atoms with Crippen LogP contribution < -0.4 is 10.1 Å². The molecule has 4 nitrogen and oxygen atoms in total. The van der Waals surface area contributed by atoms with Crippen molar-refractivity contribution in [2.75, 3.05) is 5.32 Å². The fraction of sp³-hybridized carbons (Fsp3) is 0.231. The van der Waals surface area contributed by atoms with Crippen LogP contribution in [0.4, 0.5) is 5.69 Å². The lowest BCUT2D eigenvalue weighted by Gasteiger charge is -2.20. The molecule has 0 aliphatic rings. The van der Waals surface area contributed by atoms with Gasteiger partial charge in [-0.2, -0.15) is 0 Å². The van der Waals surface area contributed by atoms with Crippen molar-refractivity contribution in [3.8, 4) is 5.75 Å². The molecule has 0 aliphatic heterocycles. The first kappa shape index (κ1) is 22.6. The molecule has 0 fully saturated rings. The van der Waals surface area contributed by atoms with Gasteiger partial charge in [0.1, 0.15) is 5.75 Å². The topological polar surface area (TPSA) is 55.4 Å². The van der Waals surface area contributed by atoms with Gasteiger partial charge in [0.05, 0.1) is 5.69 Å². The number of nitrogens with one attached hydrogen (secondary N) is 1. The Morgan fingerprint density at radius 1 is 0.935 bits per heavy atom. The molecule has 1 N–H and O–H groups in total. The average molecular weight is 436 g/mol. The zero-order valence-corrected chi connectivity index (χ0v) is 18.9. The maximum atomic E-state index is 12.9. The second-order valence-corrected chi connectivity index (χ2v) is 8.85. The van der Waals surface area contributed by atoms with Crippen molar-refractivity contribution in [2.24, 2.45) is 0 Å². The molecule has 3 aromatic rings. The number of ether oxygens (including phenoxy) is 1. The summed E-state index contributed by atoms with van der Waals surface area (Å²) >= 11 is 6.11. The summed E-state index contributed by atoms with van der Waals surface area (Å²) in [6, 6.07) is 21.4. The van der Waals surface area contributed by atoms with Gasteiger partial charge in [-0.05, 0) is 48.2 Å². The number of benzene rings is 3. The smallest absolute Gasteiger partial charge is 0.265 e. The third kappa shape index (κ3) is 5.74. The van der Waals surface area contributed by atoms with Gasteiger partial charge < -0.3 is 10.1 Å². The van der Waals surface area contributed by atoms with Gasteiger partial charge in [-0.3, -0.25) is 9.59 Å². The maximum Gasteiger partial charge on any atom is 0.265 e. The minimum absolute atomic E-state index is 0.0395. The Balaban J connectivity index is 1.75. The van der Waals surface area contributed by atoms with E-state index < -0.39 is 6.10 Å². The highest BCUT2D eigenvalue weighted by molar-refractivity contribution is 6.31. The number of anilines is 1. The van der Waals surface area contributed by atoms with Gasteiger partial charge in [0, 0.05) is 16.1 Å². The highest BCUT2D eigenvalue weighted by atomic mass is 35.5. The zero-order chi connectivity index (χ0) is 22.6. The molecule has 0 radical (unpaired) electrons. The highest BCUT2D eigenvalue weighted by Crippen LogP contribution is 2.26. The molecule has 31 heavy (non-hydrogen) atoms. The molecule has 160 valence electrons. The lowest BCUT2D eigenvalue weighted by Crippen LogP contribution is -2.30. The minimum Gasteiger partial charge on any atom is -0.481 e. The van der Waals surface area contributed by atoms with Crippen LogP contribution in [-0.2, 0) is 10.2 Å². The molecule has 1 unspecified atom stereocenters. The monoisotopic (exact) mass is 435 g/mol. The first-order valence-corrected chi connectivity index (χ1v) is 10.5. The third-order valence-corrected chi connectivity index (χ3v) is 5.16. The number of rotatable bonds is 6. The van der Waals surface area contributed by atoms with Crippen LogP contribution in [0.25, 0.3) is 0 Å². The van der Waals surface area contributed by atoms with Crippen molar-refractivity contribution < 1.29 is 14.3 Å². The molecule has 3 rings (SSSR count). The standard InChI is InChI=1S/C26H26ClNO3/c1-17(31-21-13-10-19(11-14-21)26(2,3)4)25(30)28-23-15-12-20(27)16-22(23)24(29)18-8-6-5-7-9-18/h5-17H,1-4H3,(H,28,30). The molecule has 1 amide bonds. The minimum atomic E-state index is -0.754. The van der Waals surface area contributed by atoms with Gasteiger partial charge in [0.25, 0.3) is 5.91 Å². The molecule has 0 saturated heterocycles. The number of hydrogen-bond acceptors (Lipinski definition) is 3. The molecule has 0 saturated carbocycles. The largest absolute Gasteiger partial charge is 0.481 e. The van der Waals surface area contributed by atoms with E-state index in [9.17, 15) is 9.59 Å². The predicted molar refractivity (Wildman–Crippen MR) is 125 cm³/mol. The summed E-state index contributed by atoms with van der Waals surface area (Å²) in [5, 5.41) is 3.22. The predicted octanol–water partition coefficient (Wildman–Crippen LogP) is 6.27. The molecule has 0 aromatic heterocycles. The summed E-state index contributed by atoms with van der Waals surface area (Å²) in [5.41, 5.74) is 2.46. The first-order chi connectivity index (χ1) is 14.6. The quantitative estimate of drug-likeness (QED) is 0.464. The van der Waals surface area contributed by atoms with E-state index >= 15 is 0 Å². The van der Waals surface area contributed by atoms with Crippen LogP contribution in [0.15, 0.2) is 72.8 Å².